The van der Waals surface area contributed by atoms with Crippen LogP contribution in [-0.2, 0) is 14.3 Å². The topological polar surface area (TPSA) is 38.8 Å². The first-order valence-corrected chi connectivity index (χ1v) is 5.52. The zero-order valence-corrected chi connectivity index (χ0v) is 9.60. The summed E-state index contributed by atoms with van der Waals surface area (Å²) in [6.45, 7) is 4.53. The van der Waals surface area contributed by atoms with Crippen molar-refractivity contribution in [2.24, 2.45) is 0 Å². The van der Waals surface area contributed by atoms with Gasteiger partial charge in [-0.2, -0.15) is 0 Å². The van der Waals surface area contributed by atoms with E-state index in [1.807, 2.05) is 20.9 Å². The third kappa shape index (κ3) is 2.07. The van der Waals surface area contributed by atoms with Gasteiger partial charge in [-0.25, -0.2) is 0 Å². The number of piperidine rings is 1. The van der Waals surface area contributed by atoms with Crippen molar-refractivity contribution in [1.82, 2.24) is 4.90 Å². The van der Waals surface area contributed by atoms with Crippen molar-refractivity contribution in [3.63, 3.8) is 0 Å². The number of aldehydes is 1. The van der Waals surface area contributed by atoms with E-state index in [-0.39, 0.29) is 18.2 Å². The molecule has 2 aliphatic heterocycles. The Morgan fingerprint density at radius 2 is 2.13 bits per heavy atom. The summed E-state index contributed by atoms with van der Waals surface area (Å²) in [6, 6.07) is 0.252. The minimum Gasteiger partial charge on any atom is -0.349 e. The molecule has 0 aromatic heterocycles. The Morgan fingerprint density at radius 3 is 2.80 bits per heavy atom. The predicted octanol–water partition coefficient (Wildman–Crippen LogP) is 0.800. The highest BCUT2D eigenvalue weighted by Crippen LogP contribution is 2.32. The van der Waals surface area contributed by atoms with Gasteiger partial charge in [-0.1, -0.05) is 0 Å². The molecular weight excluding hydrogens is 194 g/mol. The normalized spacial score (nSPS) is 40.9. The molecule has 0 radical (unpaired) electrons. The SMILES string of the molecule is CN1[C@@H](C=O)CC[C@H]2OC(C)(C)OC[C@@H]21. The average Bonchev–Trinajstić information content (AvgIpc) is 2.16. The molecular formula is C11H19NO3. The Labute approximate surface area is 90.5 Å². The van der Waals surface area contributed by atoms with Gasteiger partial charge in [0.15, 0.2) is 5.79 Å². The summed E-state index contributed by atoms with van der Waals surface area (Å²) in [6.07, 6.45) is 3.06. The van der Waals surface area contributed by atoms with Gasteiger partial charge >= 0.3 is 0 Å². The molecule has 2 heterocycles. The maximum absolute atomic E-state index is 10.8. The van der Waals surface area contributed by atoms with Gasteiger partial charge in [-0.3, -0.25) is 4.90 Å². The Bertz CT molecular complexity index is 254. The molecule has 0 spiro atoms. The van der Waals surface area contributed by atoms with Crippen LogP contribution in [0, 0.1) is 0 Å². The van der Waals surface area contributed by atoms with Crippen LogP contribution in [0.2, 0.25) is 0 Å². The van der Waals surface area contributed by atoms with Crippen LogP contribution in [0.1, 0.15) is 26.7 Å². The summed E-state index contributed by atoms with van der Waals surface area (Å²) in [5, 5.41) is 0. The van der Waals surface area contributed by atoms with E-state index in [0.29, 0.717) is 6.61 Å². The minimum atomic E-state index is -0.476. The maximum Gasteiger partial charge on any atom is 0.163 e. The van der Waals surface area contributed by atoms with E-state index in [1.165, 1.54) is 0 Å². The maximum atomic E-state index is 10.8. The number of carbonyl (C=O) groups excluding carboxylic acids is 1. The molecule has 4 nitrogen and oxygen atoms in total. The van der Waals surface area contributed by atoms with Crippen molar-refractivity contribution < 1.29 is 14.3 Å². The zero-order chi connectivity index (χ0) is 11.1. The van der Waals surface area contributed by atoms with Gasteiger partial charge in [0.05, 0.1) is 24.8 Å². The van der Waals surface area contributed by atoms with Crippen molar-refractivity contribution in [3.8, 4) is 0 Å². The van der Waals surface area contributed by atoms with Crippen molar-refractivity contribution in [2.45, 2.75) is 50.7 Å². The Morgan fingerprint density at radius 1 is 1.40 bits per heavy atom. The number of fused-ring (bicyclic) bond motifs is 1. The van der Waals surface area contributed by atoms with Crippen LogP contribution in [0.25, 0.3) is 0 Å². The van der Waals surface area contributed by atoms with E-state index in [4.69, 9.17) is 9.47 Å². The number of hydrogen-bond donors (Lipinski definition) is 0. The van der Waals surface area contributed by atoms with Gasteiger partial charge < -0.3 is 14.3 Å². The van der Waals surface area contributed by atoms with Gasteiger partial charge in [-0.05, 0) is 33.7 Å². The summed E-state index contributed by atoms with van der Waals surface area (Å²) in [5.74, 6) is -0.476. The quantitative estimate of drug-likeness (QED) is 0.604. The second-order valence-electron chi connectivity index (χ2n) is 4.88. The lowest BCUT2D eigenvalue weighted by molar-refractivity contribution is -0.301. The van der Waals surface area contributed by atoms with Crippen molar-refractivity contribution in [3.05, 3.63) is 0 Å². The monoisotopic (exact) mass is 213 g/mol. The minimum absolute atomic E-state index is 0.0275. The van der Waals surface area contributed by atoms with Gasteiger partial charge in [-0.15, -0.1) is 0 Å². The summed E-state index contributed by atoms with van der Waals surface area (Å²) in [5.41, 5.74) is 0. The molecule has 0 N–H and O–H groups in total. The number of carbonyl (C=O) groups is 1. The summed E-state index contributed by atoms with van der Waals surface area (Å²) >= 11 is 0. The van der Waals surface area contributed by atoms with Crippen LogP contribution in [0.3, 0.4) is 0 Å². The van der Waals surface area contributed by atoms with Crippen LogP contribution < -0.4 is 0 Å². The first-order chi connectivity index (χ1) is 7.03. The number of nitrogens with zero attached hydrogens (tertiary/aromatic N) is 1. The molecule has 0 unspecified atom stereocenters. The summed E-state index contributed by atoms with van der Waals surface area (Å²) < 4.78 is 11.5. The average molecular weight is 213 g/mol. The molecule has 2 rings (SSSR count). The predicted molar refractivity (Wildman–Crippen MR) is 55.5 cm³/mol. The molecule has 0 bridgehead atoms. The third-order valence-electron chi connectivity index (χ3n) is 3.42. The fourth-order valence-corrected chi connectivity index (χ4v) is 2.45. The molecule has 2 aliphatic rings. The number of rotatable bonds is 1. The molecule has 2 fully saturated rings. The molecule has 0 saturated carbocycles. The zero-order valence-electron chi connectivity index (χ0n) is 9.60. The Kier molecular flexibility index (Phi) is 2.83. The lowest BCUT2D eigenvalue weighted by atomic mass is 9.93. The molecule has 2 saturated heterocycles. The molecule has 0 aromatic rings. The largest absolute Gasteiger partial charge is 0.349 e. The highest BCUT2D eigenvalue weighted by atomic mass is 16.7. The number of likely N-dealkylation sites (tertiary alicyclic amines) is 1. The number of ether oxygens (including phenoxy) is 2. The van der Waals surface area contributed by atoms with Gasteiger partial charge in [0, 0.05) is 0 Å². The van der Waals surface area contributed by atoms with E-state index < -0.39 is 5.79 Å². The fraction of sp³-hybridized carbons (Fsp3) is 0.909. The van der Waals surface area contributed by atoms with Crippen LogP contribution in [-0.4, -0.2) is 48.8 Å². The molecule has 0 aliphatic carbocycles. The third-order valence-corrected chi connectivity index (χ3v) is 3.42. The molecule has 4 heteroatoms. The summed E-state index contributed by atoms with van der Waals surface area (Å²) in [4.78, 5) is 12.9. The number of hydrogen-bond acceptors (Lipinski definition) is 4. The highest BCUT2D eigenvalue weighted by molar-refractivity contribution is 5.57. The first kappa shape index (κ1) is 11.0. The van der Waals surface area contributed by atoms with Crippen molar-refractivity contribution in [1.29, 1.82) is 0 Å². The number of likely N-dealkylation sites (N-methyl/N-ethyl adjacent to an activating group) is 1. The highest BCUT2D eigenvalue weighted by Gasteiger charge is 2.42. The molecule has 0 amide bonds. The van der Waals surface area contributed by atoms with E-state index in [9.17, 15) is 4.79 Å². The molecule has 86 valence electrons. The van der Waals surface area contributed by atoms with Crippen LogP contribution >= 0.6 is 0 Å². The standard InChI is InChI=1S/C11H19NO3/c1-11(2)14-7-9-10(15-11)5-4-8(6-13)12(9)3/h6,8-10H,4-5,7H2,1-3H3/t8-,9+,10-/m1/s1. The molecule has 3 atom stereocenters. The van der Waals surface area contributed by atoms with Crippen LogP contribution in [0.4, 0.5) is 0 Å². The Hall–Kier alpha value is -0.450. The summed E-state index contributed by atoms with van der Waals surface area (Å²) in [7, 11) is 1.97. The van der Waals surface area contributed by atoms with E-state index in [1.54, 1.807) is 0 Å². The van der Waals surface area contributed by atoms with E-state index in [0.717, 1.165) is 19.1 Å². The molecule has 15 heavy (non-hydrogen) atoms. The molecule has 0 aromatic carbocycles. The second kappa shape index (κ2) is 3.85. The Balaban J connectivity index is 2.07. The van der Waals surface area contributed by atoms with E-state index in [2.05, 4.69) is 4.90 Å². The van der Waals surface area contributed by atoms with Crippen molar-refractivity contribution in [2.75, 3.05) is 13.7 Å². The second-order valence-corrected chi connectivity index (χ2v) is 4.88. The smallest absolute Gasteiger partial charge is 0.163 e. The van der Waals surface area contributed by atoms with Crippen LogP contribution in [0.5, 0.6) is 0 Å². The lowest BCUT2D eigenvalue weighted by Crippen LogP contribution is -2.60. The van der Waals surface area contributed by atoms with Crippen molar-refractivity contribution >= 4 is 6.29 Å². The van der Waals surface area contributed by atoms with Gasteiger partial charge in [0.1, 0.15) is 6.29 Å². The van der Waals surface area contributed by atoms with Crippen LogP contribution in [0.15, 0.2) is 0 Å². The fourth-order valence-electron chi connectivity index (χ4n) is 2.45. The van der Waals surface area contributed by atoms with Gasteiger partial charge in [0.2, 0.25) is 0 Å². The lowest BCUT2D eigenvalue weighted by Gasteiger charge is -2.49. The van der Waals surface area contributed by atoms with E-state index >= 15 is 0 Å². The van der Waals surface area contributed by atoms with Gasteiger partial charge in [0.25, 0.3) is 0 Å². The first-order valence-electron chi connectivity index (χ1n) is 5.52.